The Bertz CT molecular complexity index is 1170. The van der Waals surface area contributed by atoms with E-state index in [1.54, 1.807) is 19.1 Å². The zero-order valence-electron chi connectivity index (χ0n) is 17.5. The van der Waals surface area contributed by atoms with Gasteiger partial charge in [-0.3, -0.25) is 24.1 Å². The van der Waals surface area contributed by atoms with Crippen molar-refractivity contribution in [2.75, 3.05) is 18.5 Å². The molecule has 1 aliphatic rings. The van der Waals surface area contributed by atoms with Crippen LogP contribution in [0.5, 0.6) is 11.5 Å². The van der Waals surface area contributed by atoms with Crippen molar-refractivity contribution in [3.05, 3.63) is 57.7 Å². The van der Waals surface area contributed by atoms with Crippen LogP contribution in [0, 0.1) is 5.82 Å². The van der Waals surface area contributed by atoms with Gasteiger partial charge in [0, 0.05) is 12.6 Å². The summed E-state index contributed by atoms with van der Waals surface area (Å²) in [6, 6.07) is 8.30. The van der Waals surface area contributed by atoms with Gasteiger partial charge in [0.05, 0.1) is 16.5 Å². The summed E-state index contributed by atoms with van der Waals surface area (Å²) in [5, 5.41) is 1.68. The van der Waals surface area contributed by atoms with E-state index >= 15 is 0 Å². The highest BCUT2D eigenvalue weighted by Gasteiger charge is 2.36. The third-order valence-electron chi connectivity index (χ3n) is 4.20. The van der Waals surface area contributed by atoms with Crippen molar-refractivity contribution in [2.24, 2.45) is 0 Å². The number of hydrogen-bond donors (Lipinski definition) is 1. The van der Waals surface area contributed by atoms with E-state index in [-0.39, 0.29) is 21.4 Å². The minimum atomic E-state index is -0.648. The maximum absolute atomic E-state index is 13.3. The van der Waals surface area contributed by atoms with Crippen LogP contribution >= 0.6 is 23.4 Å². The van der Waals surface area contributed by atoms with Gasteiger partial charge in [-0.25, -0.2) is 4.39 Å². The molecule has 0 radical (unpaired) electrons. The van der Waals surface area contributed by atoms with E-state index in [0.717, 1.165) is 11.0 Å². The third-order valence-corrected chi connectivity index (χ3v) is 5.39. The predicted molar refractivity (Wildman–Crippen MR) is 122 cm³/mol. The lowest BCUT2D eigenvalue weighted by Gasteiger charge is -2.12. The largest absolute Gasteiger partial charge is 0.490 e. The molecular formula is C22H18ClFN2O6S. The second-order valence-electron chi connectivity index (χ2n) is 6.68. The van der Waals surface area contributed by atoms with Crippen molar-refractivity contribution in [3.8, 4) is 11.5 Å². The third kappa shape index (κ3) is 6.11. The summed E-state index contributed by atoms with van der Waals surface area (Å²) >= 11 is 6.37. The first-order chi connectivity index (χ1) is 15.7. The highest BCUT2D eigenvalue weighted by Crippen LogP contribution is 2.34. The molecule has 1 saturated heterocycles. The fourth-order valence-electron chi connectivity index (χ4n) is 2.83. The molecule has 2 aromatic rings. The summed E-state index contributed by atoms with van der Waals surface area (Å²) in [5.74, 6) is -1.90. The number of hydrogen-bond acceptors (Lipinski definition) is 7. The average Bonchev–Trinajstić information content (AvgIpc) is 3.00. The van der Waals surface area contributed by atoms with Crippen molar-refractivity contribution in [2.45, 2.75) is 13.8 Å². The lowest BCUT2D eigenvalue weighted by Crippen LogP contribution is -2.36. The molecule has 0 unspecified atom stereocenters. The molecule has 0 aliphatic carbocycles. The topological polar surface area (TPSA) is 102 Å². The Hall–Kier alpha value is -3.37. The van der Waals surface area contributed by atoms with Gasteiger partial charge >= 0.3 is 5.97 Å². The van der Waals surface area contributed by atoms with Gasteiger partial charge in [-0.1, -0.05) is 17.7 Å². The highest BCUT2D eigenvalue weighted by atomic mass is 35.5. The number of rotatable bonds is 7. The molecule has 8 nitrogen and oxygen atoms in total. The minimum absolute atomic E-state index is 0.111. The molecule has 0 spiro atoms. The Morgan fingerprint density at radius 1 is 1.18 bits per heavy atom. The number of ether oxygens (including phenoxy) is 2. The van der Waals surface area contributed by atoms with Crippen molar-refractivity contribution in [1.29, 1.82) is 0 Å². The molecule has 172 valence electrons. The summed E-state index contributed by atoms with van der Waals surface area (Å²) < 4.78 is 23.8. The maximum atomic E-state index is 13.3. The number of esters is 1. The normalized spacial score (nSPS) is 14.5. The molecule has 0 saturated carbocycles. The molecule has 11 heteroatoms. The van der Waals surface area contributed by atoms with Crippen LogP contribution in [0.3, 0.4) is 0 Å². The van der Waals surface area contributed by atoms with E-state index < -0.39 is 35.4 Å². The molecule has 0 aromatic heterocycles. The number of anilines is 1. The Morgan fingerprint density at radius 2 is 1.94 bits per heavy atom. The van der Waals surface area contributed by atoms with Gasteiger partial charge in [0.25, 0.3) is 11.1 Å². The first-order valence-corrected chi connectivity index (χ1v) is 10.8. The summed E-state index contributed by atoms with van der Waals surface area (Å²) in [5.41, 5.74) is 0.760. The number of amides is 3. The predicted octanol–water partition coefficient (Wildman–Crippen LogP) is 4.48. The maximum Gasteiger partial charge on any atom is 0.308 e. The number of imide groups is 1. The number of carbonyl (C=O) groups is 4. The van der Waals surface area contributed by atoms with Gasteiger partial charge in [-0.2, -0.15) is 0 Å². The molecule has 3 rings (SSSR count). The summed E-state index contributed by atoms with van der Waals surface area (Å²) in [6.07, 6.45) is 1.47. The SMILES string of the molecule is CCOc1cc(/C=C2/SC(=O)N(CC(=O)Nc3ccc(F)c(Cl)c3)C2=O)ccc1OC(C)=O. The van der Waals surface area contributed by atoms with Gasteiger partial charge in [0.2, 0.25) is 5.91 Å². The zero-order chi connectivity index (χ0) is 24.1. The molecule has 3 amide bonds. The molecule has 0 atom stereocenters. The monoisotopic (exact) mass is 492 g/mol. The lowest BCUT2D eigenvalue weighted by molar-refractivity contribution is -0.132. The van der Waals surface area contributed by atoms with Crippen LogP contribution in [0.4, 0.5) is 14.9 Å². The van der Waals surface area contributed by atoms with E-state index in [4.69, 9.17) is 21.1 Å². The number of nitrogens with zero attached hydrogens (tertiary/aromatic N) is 1. The van der Waals surface area contributed by atoms with Crippen molar-refractivity contribution in [1.82, 2.24) is 4.90 Å². The van der Waals surface area contributed by atoms with Crippen LogP contribution in [-0.2, 0) is 14.4 Å². The number of thioether (sulfide) groups is 1. The van der Waals surface area contributed by atoms with Gasteiger partial charge in [-0.05, 0) is 60.7 Å². The average molecular weight is 493 g/mol. The van der Waals surface area contributed by atoms with Gasteiger partial charge in [-0.15, -0.1) is 0 Å². The molecule has 1 fully saturated rings. The Labute approximate surface area is 197 Å². The van der Waals surface area contributed by atoms with Crippen LogP contribution in [-0.4, -0.2) is 41.1 Å². The zero-order valence-corrected chi connectivity index (χ0v) is 19.1. The van der Waals surface area contributed by atoms with Crippen LogP contribution in [0.1, 0.15) is 19.4 Å². The number of halogens is 2. The van der Waals surface area contributed by atoms with Gasteiger partial charge in [0.15, 0.2) is 11.5 Å². The molecule has 1 heterocycles. The van der Waals surface area contributed by atoms with E-state index in [1.807, 2.05) is 0 Å². The second kappa shape index (κ2) is 10.5. The van der Waals surface area contributed by atoms with Crippen LogP contribution < -0.4 is 14.8 Å². The molecule has 33 heavy (non-hydrogen) atoms. The first kappa shape index (κ1) is 24.3. The fraction of sp³-hybridized carbons (Fsp3) is 0.182. The Kier molecular flexibility index (Phi) is 7.72. The van der Waals surface area contributed by atoms with E-state index in [2.05, 4.69) is 5.32 Å². The summed E-state index contributed by atoms with van der Waals surface area (Å²) in [6.45, 7) is 2.83. The fourth-order valence-corrected chi connectivity index (χ4v) is 3.85. The standard InChI is InChI=1S/C22H18ClFN2O6S/c1-3-31-18-8-13(4-7-17(18)32-12(2)27)9-19-21(29)26(22(30)33-19)11-20(28)25-14-5-6-16(24)15(23)10-14/h4-10H,3,11H2,1-2H3,(H,25,28)/b19-9+. The highest BCUT2D eigenvalue weighted by molar-refractivity contribution is 8.18. The Morgan fingerprint density at radius 3 is 2.61 bits per heavy atom. The first-order valence-electron chi connectivity index (χ1n) is 9.63. The second-order valence-corrected chi connectivity index (χ2v) is 8.08. The van der Waals surface area contributed by atoms with E-state index in [1.165, 1.54) is 31.2 Å². The van der Waals surface area contributed by atoms with Crippen LogP contribution in [0.15, 0.2) is 41.3 Å². The van der Waals surface area contributed by atoms with E-state index in [9.17, 15) is 23.6 Å². The van der Waals surface area contributed by atoms with Crippen molar-refractivity contribution >= 4 is 58.1 Å². The molecule has 2 aromatic carbocycles. The number of nitrogens with one attached hydrogen (secondary N) is 1. The summed E-state index contributed by atoms with van der Waals surface area (Å²) in [7, 11) is 0. The van der Waals surface area contributed by atoms with Crippen molar-refractivity contribution < 1.29 is 33.0 Å². The molecule has 1 N–H and O–H groups in total. The van der Waals surface area contributed by atoms with E-state index in [0.29, 0.717) is 29.7 Å². The Balaban J connectivity index is 1.73. The molecule has 1 aliphatic heterocycles. The van der Waals surface area contributed by atoms with Crippen LogP contribution in [0.25, 0.3) is 6.08 Å². The van der Waals surface area contributed by atoms with Crippen LogP contribution in [0.2, 0.25) is 5.02 Å². The number of carbonyl (C=O) groups excluding carboxylic acids is 4. The molecular weight excluding hydrogens is 475 g/mol. The summed E-state index contributed by atoms with van der Waals surface area (Å²) in [4.78, 5) is 49.4. The van der Waals surface area contributed by atoms with Gasteiger partial charge < -0.3 is 14.8 Å². The van der Waals surface area contributed by atoms with Gasteiger partial charge in [0.1, 0.15) is 12.4 Å². The number of benzene rings is 2. The minimum Gasteiger partial charge on any atom is -0.490 e. The van der Waals surface area contributed by atoms with Crippen molar-refractivity contribution in [3.63, 3.8) is 0 Å². The molecule has 0 bridgehead atoms. The quantitative estimate of drug-likeness (QED) is 0.345. The lowest BCUT2D eigenvalue weighted by atomic mass is 10.2. The smallest absolute Gasteiger partial charge is 0.308 e.